The van der Waals surface area contributed by atoms with Gasteiger partial charge < -0.3 is 15.3 Å². The number of carbonyl (C=O) groups excluding carboxylic acids is 2. The molecule has 2 aliphatic carbocycles. The maximum absolute atomic E-state index is 12.9. The Balaban J connectivity index is 1.12. The van der Waals surface area contributed by atoms with Crippen LogP contribution in [0.2, 0.25) is 0 Å². The number of amides is 2. The molecule has 1 unspecified atom stereocenters. The normalized spacial score (nSPS) is 19.4. The van der Waals surface area contributed by atoms with Crippen molar-refractivity contribution in [3.05, 3.63) is 84.2 Å². The number of sulfonamides is 1. The van der Waals surface area contributed by atoms with Crippen LogP contribution >= 0.6 is 0 Å². The summed E-state index contributed by atoms with van der Waals surface area (Å²) in [7, 11) is -3.90. The van der Waals surface area contributed by atoms with Gasteiger partial charge in [-0.1, -0.05) is 74.7 Å². The molecule has 0 saturated heterocycles. The predicted octanol–water partition coefficient (Wildman–Crippen LogP) is 5.05. The van der Waals surface area contributed by atoms with Crippen molar-refractivity contribution in [1.82, 2.24) is 24.9 Å². The van der Waals surface area contributed by atoms with Crippen LogP contribution in [0, 0.1) is 17.8 Å². The summed E-state index contributed by atoms with van der Waals surface area (Å²) in [5.74, 6) is 0.576. The molecule has 3 N–H and O–H groups in total. The van der Waals surface area contributed by atoms with E-state index in [0.717, 1.165) is 46.6 Å². The second-order valence-electron chi connectivity index (χ2n) is 13.0. The first kappa shape index (κ1) is 35.9. The first-order chi connectivity index (χ1) is 23.6. The van der Waals surface area contributed by atoms with Gasteiger partial charge in [-0.15, -0.1) is 0 Å². The van der Waals surface area contributed by atoms with E-state index in [0.29, 0.717) is 11.4 Å². The zero-order chi connectivity index (χ0) is 34.8. The minimum absolute atomic E-state index is 0.00307. The average molecular weight is 688 g/mol. The number of rotatable bonds is 14. The highest BCUT2D eigenvalue weighted by molar-refractivity contribution is 7.89. The molecule has 2 aromatic carbocycles. The topological polar surface area (TPSA) is 159 Å². The zero-order valence-corrected chi connectivity index (χ0v) is 28.7. The molecule has 3 aromatic rings. The first-order valence-electron chi connectivity index (χ1n) is 17.0. The van der Waals surface area contributed by atoms with Gasteiger partial charge in [0.15, 0.2) is 5.82 Å². The molecule has 0 radical (unpaired) electrons. The number of allylic oxidation sites excluding steroid dienone is 2. The SMILES string of the molecule is CCC1CCC(C2CC=C(c3cnc(-c4ccc(CN(CC(=O)O)C(=O)CNC(=O)CNS(=O)(=O)c5ccccc5)cc4)nc3)CC2)CC1. The van der Waals surface area contributed by atoms with Crippen LogP contribution in [0.4, 0.5) is 0 Å². The Hall–Kier alpha value is -4.42. The highest BCUT2D eigenvalue weighted by atomic mass is 32.2. The summed E-state index contributed by atoms with van der Waals surface area (Å²) in [6, 6.07) is 14.8. The van der Waals surface area contributed by atoms with E-state index in [1.807, 2.05) is 24.5 Å². The number of carboxylic acids is 1. The lowest BCUT2D eigenvalue weighted by Gasteiger charge is -2.35. The Morgan fingerprint density at radius 1 is 0.878 bits per heavy atom. The molecule has 1 atom stereocenters. The molecule has 260 valence electrons. The summed E-state index contributed by atoms with van der Waals surface area (Å²) < 4.78 is 26.8. The second kappa shape index (κ2) is 16.8. The number of nitrogens with one attached hydrogen (secondary N) is 2. The van der Waals surface area contributed by atoms with Crippen molar-refractivity contribution >= 4 is 33.4 Å². The molecule has 5 rings (SSSR count). The van der Waals surface area contributed by atoms with Crippen LogP contribution in [0.25, 0.3) is 17.0 Å². The van der Waals surface area contributed by atoms with Crippen LogP contribution in [0.3, 0.4) is 0 Å². The van der Waals surface area contributed by atoms with Crippen molar-refractivity contribution in [3.8, 4) is 11.4 Å². The van der Waals surface area contributed by atoms with E-state index in [1.54, 1.807) is 30.3 Å². The highest BCUT2D eigenvalue weighted by Gasteiger charge is 2.28. The van der Waals surface area contributed by atoms with Crippen molar-refractivity contribution in [2.24, 2.45) is 17.8 Å². The van der Waals surface area contributed by atoms with Gasteiger partial charge in [-0.05, 0) is 73.1 Å². The third-order valence-electron chi connectivity index (χ3n) is 9.79. The van der Waals surface area contributed by atoms with Crippen molar-refractivity contribution in [3.63, 3.8) is 0 Å². The Bertz CT molecular complexity index is 1720. The summed E-state index contributed by atoms with van der Waals surface area (Å²) in [6.07, 6.45) is 16.4. The van der Waals surface area contributed by atoms with Crippen LogP contribution in [-0.4, -0.2) is 65.8 Å². The summed E-state index contributed by atoms with van der Waals surface area (Å²) in [5, 5.41) is 11.7. The largest absolute Gasteiger partial charge is 0.480 e. The summed E-state index contributed by atoms with van der Waals surface area (Å²) >= 11 is 0. The van der Waals surface area contributed by atoms with Crippen LogP contribution < -0.4 is 10.0 Å². The Labute approximate surface area is 288 Å². The number of aliphatic carboxylic acids is 1. The van der Waals surface area contributed by atoms with Gasteiger partial charge in [0.2, 0.25) is 21.8 Å². The molecule has 12 heteroatoms. The van der Waals surface area contributed by atoms with E-state index in [2.05, 4.69) is 33.0 Å². The zero-order valence-electron chi connectivity index (χ0n) is 27.9. The number of hydrogen-bond donors (Lipinski definition) is 3. The van der Waals surface area contributed by atoms with Gasteiger partial charge in [-0.3, -0.25) is 14.4 Å². The van der Waals surface area contributed by atoms with Crippen LogP contribution in [0.5, 0.6) is 0 Å². The molecule has 49 heavy (non-hydrogen) atoms. The van der Waals surface area contributed by atoms with Crippen LogP contribution in [0.15, 0.2) is 78.0 Å². The third-order valence-corrected chi connectivity index (χ3v) is 11.2. The number of carboxylic acid groups (broad SMARTS) is 1. The van der Waals surface area contributed by atoms with Gasteiger partial charge >= 0.3 is 5.97 Å². The molecule has 1 fully saturated rings. The fraction of sp³-hybridized carbons (Fsp3) is 0.432. The standard InChI is InChI=1S/C37H45N5O6S/c1-2-26-8-12-28(13-9-26)29-16-18-30(19-17-29)32-20-39-37(40-21-32)31-14-10-27(11-15-31)24-42(25-36(45)46)35(44)23-38-34(43)22-41-49(47,48)33-6-4-3-5-7-33/h3-7,10-11,14-15,18,20-21,26,28-29,41H,2,8-9,12-13,16-17,19,22-25H2,1H3,(H,38,43)(H,45,46). The molecule has 1 saturated carbocycles. The molecule has 1 heterocycles. The quantitative estimate of drug-likeness (QED) is 0.212. The maximum Gasteiger partial charge on any atom is 0.323 e. The molecule has 0 aliphatic heterocycles. The number of hydrogen-bond acceptors (Lipinski definition) is 7. The van der Waals surface area contributed by atoms with E-state index >= 15 is 0 Å². The summed E-state index contributed by atoms with van der Waals surface area (Å²) in [4.78, 5) is 47.0. The average Bonchev–Trinajstić information content (AvgIpc) is 3.13. The summed E-state index contributed by atoms with van der Waals surface area (Å²) in [6.45, 7) is 0.669. The first-order valence-corrected chi connectivity index (χ1v) is 18.5. The smallest absolute Gasteiger partial charge is 0.323 e. The lowest BCUT2D eigenvalue weighted by Crippen LogP contribution is -2.44. The number of carbonyl (C=O) groups is 3. The van der Waals surface area contributed by atoms with Crippen molar-refractivity contribution in [1.29, 1.82) is 0 Å². The molecule has 0 bridgehead atoms. The fourth-order valence-corrected chi connectivity index (χ4v) is 7.83. The molecule has 1 aromatic heterocycles. The Morgan fingerprint density at radius 3 is 2.18 bits per heavy atom. The van der Waals surface area contributed by atoms with Gasteiger partial charge in [-0.2, -0.15) is 0 Å². The van der Waals surface area contributed by atoms with Crippen LogP contribution in [0.1, 0.15) is 69.4 Å². The Kier molecular flexibility index (Phi) is 12.3. The van der Waals surface area contributed by atoms with E-state index < -0.39 is 47.4 Å². The monoisotopic (exact) mass is 687 g/mol. The molecule has 2 aliphatic rings. The van der Waals surface area contributed by atoms with E-state index in [4.69, 9.17) is 0 Å². The lowest BCUT2D eigenvalue weighted by molar-refractivity contribution is -0.144. The Morgan fingerprint density at radius 2 is 1.57 bits per heavy atom. The number of aromatic nitrogens is 2. The molecule has 2 amide bonds. The van der Waals surface area contributed by atoms with Crippen molar-refractivity contribution < 1.29 is 27.9 Å². The minimum Gasteiger partial charge on any atom is -0.480 e. The maximum atomic E-state index is 12.9. The fourth-order valence-electron chi connectivity index (χ4n) is 6.82. The molecule has 0 spiro atoms. The van der Waals surface area contributed by atoms with E-state index in [1.165, 1.54) is 56.2 Å². The third kappa shape index (κ3) is 10.1. The predicted molar refractivity (Wildman–Crippen MR) is 186 cm³/mol. The van der Waals surface area contributed by atoms with Gasteiger partial charge in [-0.25, -0.2) is 23.1 Å². The van der Waals surface area contributed by atoms with Crippen molar-refractivity contribution in [2.75, 3.05) is 19.6 Å². The highest BCUT2D eigenvalue weighted by Crippen LogP contribution is 2.41. The summed E-state index contributed by atoms with van der Waals surface area (Å²) in [5.41, 5.74) is 3.84. The number of benzene rings is 2. The molecule has 11 nitrogen and oxygen atoms in total. The van der Waals surface area contributed by atoms with Gasteiger partial charge in [0.1, 0.15) is 6.54 Å². The van der Waals surface area contributed by atoms with Gasteiger partial charge in [0.25, 0.3) is 0 Å². The number of nitrogens with zero attached hydrogens (tertiary/aromatic N) is 3. The van der Waals surface area contributed by atoms with Gasteiger partial charge in [0.05, 0.1) is 18.0 Å². The molecular weight excluding hydrogens is 643 g/mol. The molecular formula is C37H45N5O6S. The minimum atomic E-state index is -3.90. The van der Waals surface area contributed by atoms with Crippen LogP contribution in [-0.2, 0) is 31.0 Å². The second-order valence-corrected chi connectivity index (χ2v) is 14.8. The van der Waals surface area contributed by atoms with Crippen molar-refractivity contribution in [2.45, 2.75) is 69.7 Å². The van der Waals surface area contributed by atoms with Gasteiger partial charge in [0, 0.05) is 30.1 Å². The van der Waals surface area contributed by atoms with E-state index in [-0.39, 0.29) is 11.4 Å². The van der Waals surface area contributed by atoms with E-state index in [9.17, 15) is 27.9 Å². The lowest BCUT2D eigenvalue weighted by atomic mass is 9.71.